The van der Waals surface area contributed by atoms with Crippen LogP contribution in [0.3, 0.4) is 0 Å². The zero-order valence-corrected chi connectivity index (χ0v) is 18.5. The Kier molecular flexibility index (Phi) is 9.07. The molecule has 3 rings (SSSR count). The lowest BCUT2D eigenvalue weighted by Gasteiger charge is -2.12. The highest BCUT2D eigenvalue weighted by molar-refractivity contribution is 8.93. The normalized spacial score (nSPS) is 10.1. The molecule has 0 radical (unpaired) electrons. The second-order valence-corrected chi connectivity index (χ2v) is 6.91. The van der Waals surface area contributed by atoms with Crippen LogP contribution >= 0.6 is 56.6 Å². The van der Waals surface area contributed by atoms with Crippen LogP contribution in [-0.4, -0.2) is 42.1 Å². The van der Waals surface area contributed by atoms with Gasteiger partial charge in [0, 0.05) is 24.0 Å². The third-order valence-electron chi connectivity index (χ3n) is 3.16. The average Bonchev–Trinajstić information content (AvgIpc) is 3.20. The maximum atomic E-state index is 4.66. The number of hydrogen-bond acceptors (Lipinski definition) is 6. The summed E-state index contributed by atoms with van der Waals surface area (Å²) in [6.45, 7) is 1.77. The van der Waals surface area contributed by atoms with E-state index in [4.69, 9.17) is 0 Å². The van der Waals surface area contributed by atoms with E-state index in [1.54, 1.807) is 22.7 Å². The number of halogens is 2. The molecule has 0 aliphatic heterocycles. The predicted octanol–water partition coefficient (Wildman–Crippen LogP) is 5.06. The minimum atomic E-state index is 0. The van der Waals surface area contributed by atoms with Gasteiger partial charge in [0.05, 0.1) is 16.3 Å². The Morgan fingerprint density at radius 3 is 2.50 bits per heavy atom. The summed E-state index contributed by atoms with van der Waals surface area (Å²) in [7, 11) is 4.11. The lowest BCUT2D eigenvalue weighted by molar-refractivity contribution is 0.425. The number of aromatic nitrogens is 2. The number of thiophene rings is 2. The quantitative estimate of drug-likeness (QED) is 0.523. The molecule has 4 nitrogen and oxygen atoms in total. The topological polar surface area (TPSA) is 41.0 Å². The second kappa shape index (κ2) is 10.2. The van der Waals surface area contributed by atoms with Crippen molar-refractivity contribution >= 4 is 62.6 Å². The Morgan fingerprint density at radius 2 is 1.88 bits per heavy atom. The molecule has 0 atom stereocenters. The van der Waals surface area contributed by atoms with Gasteiger partial charge in [0.15, 0.2) is 0 Å². The SMILES string of the molecule is Br.Br.CN(C)CCNc1nc(-c2ccsc2)cc(-c2cccs2)n1. The number of anilines is 1. The van der Waals surface area contributed by atoms with E-state index < -0.39 is 0 Å². The molecule has 0 aliphatic carbocycles. The number of hydrogen-bond donors (Lipinski definition) is 1. The molecule has 3 aromatic rings. The molecule has 0 spiro atoms. The summed E-state index contributed by atoms with van der Waals surface area (Å²) >= 11 is 3.38. The number of rotatable bonds is 6. The van der Waals surface area contributed by atoms with Crippen molar-refractivity contribution < 1.29 is 0 Å². The standard InChI is InChI=1S/C16H18N4S2.2BrH/c1-20(2)7-6-17-16-18-13(12-5-9-21-11-12)10-14(19-16)15-4-3-8-22-15;;/h3-5,8-11H,6-7H2,1-2H3,(H,17,18,19);2*1H. The van der Waals surface area contributed by atoms with E-state index >= 15 is 0 Å². The van der Waals surface area contributed by atoms with Crippen molar-refractivity contribution in [3.63, 3.8) is 0 Å². The van der Waals surface area contributed by atoms with Crippen molar-refractivity contribution in [2.75, 3.05) is 32.5 Å². The number of nitrogens with one attached hydrogen (secondary N) is 1. The van der Waals surface area contributed by atoms with Crippen LogP contribution in [0.2, 0.25) is 0 Å². The molecule has 0 unspecified atom stereocenters. The molecular formula is C16H20Br2N4S2. The molecule has 3 heterocycles. The highest BCUT2D eigenvalue weighted by atomic mass is 79.9. The summed E-state index contributed by atoms with van der Waals surface area (Å²) < 4.78 is 0. The minimum Gasteiger partial charge on any atom is -0.353 e. The molecule has 0 saturated carbocycles. The summed E-state index contributed by atoms with van der Waals surface area (Å²) in [5.74, 6) is 0.689. The molecule has 130 valence electrons. The van der Waals surface area contributed by atoms with Gasteiger partial charge in [-0.2, -0.15) is 11.3 Å². The Balaban J connectivity index is 0.00000144. The van der Waals surface area contributed by atoms with Crippen molar-refractivity contribution in [3.8, 4) is 21.8 Å². The average molecular weight is 492 g/mol. The molecule has 0 aromatic carbocycles. The van der Waals surface area contributed by atoms with Crippen molar-refractivity contribution in [1.82, 2.24) is 14.9 Å². The van der Waals surface area contributed by atoms with Gasteiger partial charge in [0.1, 0.15) is 0 Å². The van der Waals surface area contributed by atoms with Crippen molar-refractivity contribution in [2.45, 2.75) is 0 Å². The monoisotopic (exact) mass is 490 g/mol. The molecule has 0 bridgehead atoms. The number of nitrogens with zero attached hydrogens (tertiary/aromatic N) is 3. The van der Waals surface area contributed by atoms with Gasteiger partial charge in [-0.05, 0) is 43.1 Å². The first-order chi connectivity index (χ1) is 10.7. The van der Waals surface area contributed by atoms with E-state index in [1.165, 1.54) is 0 Å². The van der Waals surface area contributed by atoms with Crippen LogP contribution in [0.15, 0.2) is 40.4 Å². The Bertz CT molecular complexity index is 663. The molecular weight excluding hydrogens is 472 g/mol. The highest BCUT2D eigenvalue weighted by Gasteiger charge is 2.09. The van der Waals surface area contributed by atoms with Gasteiger partial charge >= 0.3 is 0 Å². The molecule has 3 aromatic heterocycles. The van der Waals surface area contributed by atoms with Gasteiger partial charge in [-0.15, -0.1) is 45.3 Å². The van der Waals surface area contributed by atoms with E-state index in [0.717, 1.165) is 34.9 Å². The summed E-state index contributed by atoms with van der Waals surface area (Å²) in [6, 6.07) is 8.29. The van der Waals surface area contributed by atoms with Gasteiger partial charge < -0.3 is 10.2 Å². The summed E-state index contributed by atoms with van der Waals surface area (Å²) in [5.41, 5.74) is 3.08. The molecule has 0 amide bonds. The summed E-state index contributed by atoms with van der Waals surface area (Å²) in [5, 5.41) is 9.58. The zero-order chi connectivity index (χ0) is 15.4. The van der Waals surface area contributed by atoms with Gasteiger partial charge in [0.2, 0.25) is 5.95 Å². The predicted molar refractivity (Wildman–Crippen MR) is 116 cm³/mol. The largest absolute Gasteiger partial charge is 0.353 e. The Labute approximate surface area is 171 Å². The third kappa shape index (κ3) is 5.63. The van der Waals surface area contributed by atoms with Crippen LogP contribution in [0.1, 0.15) is 0 Å². The molecule has 0 aliphatic rings. The fourth-order valence-corrected chi connectivity index (χ4v) is 3.36. The van der Waals surface area contributed by atoms with Crippen LogP contribution in [0.5, 0.6) is 0 Å². The maximum absolute atomic E-state index is 4.66. The Hall–Kier alpha value is -0.800. The molecule has 24 heavy (non-hydrogen) atoms. The van der Waals surface area contributed by atoms with Crippen molar-refractivity contribution in [2.24, 2.45) is 0 Å². The first kappa shape index (κ1) is 21.2. The van der Waals surface area contributed by atoms with E-state index in [9.17, 15) is 0 Å². The molecule has 8 heteroatoms. The maximum Gasteiger partial charge on any atom is 0.223 e. The molecule has 0 saturated heterocycles. The van der Waals surface area contributed by atoms with Gasteiger partial charge in [-0.25, -0.2) is 9.97 Å². The van der Waals surface area contributed by atoms with Crippen LogP contribution in [0, 0.1) is 0 Å². The van der Waals surface area contributed by atoms with E-state index in [2.05, 4.69) is 68.6 Å². The second-order valence-electron chi connectivity index (χ2n) is 5.18. The number of likely N-dealkylation sites (N-methyl/N-ethyl adjacent to an activating group) is 1. The molecule has 0 fully saturated rings. The summed E-state index contributed by atoms with van der Waals surface area (Å²) in [4.78, 5) is 12.6. The smallest absolute Gasteiger partial charge is 0.223 e. The summed E-state index contributed by atoms with van der Waals surface area (Å²) in [6.07, 6.45) is 0. The van der Waals surface area contributed by atoms with Crippen molar-refractivity contribution in [1.29, 1.82) is 0 Å². The lowest BCUT2D eigenvalue weighted by Crippen LogP contribution is -2.21. The van der Waals surface area contributed by atoms with Gasteiger partial charge in [0.25, 0.3) is 0 Å². The minimum absolute atomic E-state index is 0. The van der Waals surface area contributed by atoms with Gasteiger partial charge in [-0.1, -0.05) is 6.07 Å². The molecule has 1 N–H and O–H groups in total. The van der Waals surface area contributed by atoms with E-state index in [0.29, 0.717) is 5.95 Å². The van der Waals surface area contributed by atoms with Crippen LogP contribution < -0.4 is 5.32 Å². The third-order valence-corrected chi connectivity index (χ3v) is 4.73. The lowest BCUT2D eigenvalue weighted by atomic mass is 10.2. The van der Waals surface area contributed by atoms with Crippen LogP contribution in [0.4, 0.5) is 5.95 Å². The highest BCUT2D eigenvalue weighted by Crippen LogP contribution is 2.28. The van der Waals surface area contributed by atoms with Crippen LogP contribution in [0.25, 0.3) is 21.8 Å². The van der Waals surface area contributed by atoms with Crippen LogP contribution in [-0.2, 0) is 0 Å². The zero-order valence-electron chi connectivity index (χ0n) is 13.4. The first-order valence-corrected chi connectivity index (χ1v) is 8.89. The van der Waals surface area contributed by atoms with Crippen molar-refractivity contribution in [3.05, 3.63) is 40.4 Å². The fourth-order valence-electron chi connectivity index (χ4n) is 2.03. The van der Waals surface area contributed by atoms with E-state index in [-0.39, 0.29) is 34.0 Å². The van der Waals surface area contributed by atoms with E-state index in [1.807, 2.05) is 6.07 Å². The first-order valence-electron chi connectivity index (χ1n) is 7.06. The van der Waals surface area contributed by atoms with Gasteiger partial charge in [-0.3, -0.25) is 0 Å². The fraction of sp³-hybridized carbons (Fsp3) is 0.250. The Morgan fingerprint density at radius 1 is 1.08 bits per heavy atom.